The van der Waals surface area contributed by atoms with Crippen molar-refractivity contribution in [1.82, 2.24) is 10.6 Å². The Morgan fingerprint density at radius 3 is 2.94 bits per heavy atom. The van der Waals surface area contributed by atoms with Gasteiger partial charge in [0.1, 0.15) is 6.54 Å². The third-order valence-electron chi connectivity index (χ3n) is 2.82. The number of hydrogen-bond donors (Lipinski definition) is 2. The number of thioether (sulfide) groups is 1. The van der Waals surface area contributed by atoms with Crippen LogP contribution in [0.1, 0.15) is 26.7 Å². The molecule has 2 aliphatic rings. The molecule has 4 nitrogen and oxygen atoms in total. The summed E-state index contributed by atoms with van der Waals surface area (Å²) < 4.78 is 0. The van der Waals surface area contributed by atoms with Gasteiger partial charge in [-0.25, -0.2) is 0 Å². The van der Waals surface area contributed by atoms with E-state index in [9.17, 15) is 4.79 Å². The van der Waals surface area contributed by atoms with E-state index >= 15 is 0 Å². The van der Waals surface area contributed by atoms with E-state index in [0.717, 1.165) is 23.8 Å². The lowest BCUT2D eigenvalue weighted by molar-refractivity contribution is -0.119. The van der Waals surface area contributed by atoms with Crippen molar-refractivity contribution in [3.63, 3.8) is 0 Å². The molecule has 1 heterocycles. The first-order valence-electron chi connectivity index (χ1n) is 5.88. The maximum atomic E-state index is 11.4. The topological polar surface area (TPSA) is 53.5 Å². The maximum Gasteiger partial charge on any atom is 0.241 e. The molecule has 0 aromatic carbocycles. The van der Waals surface area contributed by atoms with Crippen LogP contribution in [0.15, 0.2) is 4.99 Å². The van der Waals surface area contributed by atoms with E-state index in [1.807, 2.05) is 0 Å². The van der Waals surface area contributed by atoms with Crippen molar-refractivity contribution >= 4 is 22.8 Å². The molecule has 0 radical (unpaired) electrons. The molecule has 1 saturated heterocycles. The Balaban J connectivity index is 1.73. The number of nitrogens with zero attached hydrogens (tertiary/aromatic N) is 1. The average molecular weight is 241 g/mol. The normalized spacial score (nSPS) is 27.2. The van der Waals surface area contributed by atoms with Crippen molar-refractivity contribution in [2.75, 3.05) is 12.3 Å². The molecule has 90 valence electrons. The number of nitrogens with one attached hydrogen (secondary N) is 2. The van der Waals surface area contributed by atoms with Gasteiger partial charge in [0.2, 0.25) is 5.91 Å². The average Bonchev–Trinajstić information content (AvgIpc) is 2.91. The fourth-order valence-electron chi connectivity index (χ4n) is 1.51. The quantitative estimate of drug-likeness (QED) is 0.771. The van der Waals surface area contributed by atoms with Crippen molar-refractivity contribution in [3.05, 3.63) is 0 Å². The minimum Gasteiger partial charge on any atom is -0.361 e. The summed E-state index contributed by atoms with van der Waals surface area (Å²) in [5.41, 5.74) is 0. The number of amides is 1. The van der Waals surface area contributed by atoms with Gasteiger partial charge in [-0.05, 0) is 18.8 Å². The molecular weight excluding hydrogens is 222 g/mol. The Kier molecular flexibility index (Phi) is 3.74. The second kappa shape index (κ2) is 5.08. The van der Waals surface area contributed by atoms with Crippen LogP contribution in [0, 0.1) is 5.92 Å². The predicted octanol–water partition coefficient (Wildman–Crippen LogP) is 0.982. The highest BCUT2D eigenvalue weighted by atomic mass is 32.2. The zero-order valence-corrected chi connectivity index (χ0v) is 10.6. The molecule has 1 saturated carbocycles. The number of carbonyl (C=O) groups excluding carboxylic acids is 1. The molecule has 16 heavy (non-hydrogen) atoms. The molecule has 1 unspecified atom stereocenters. The molecular formula is C11H19N3OS. The summed E-state index contributed by atoms with van der Waals surface area (Å²) in [5.74, 6) is 1.71. The lowest BCUT2D eigenvalue weighted by Crippen LogP contribution is -2.33. The molecule has 1 atom stereocenters. The maximum absolute atomic E-state index is 11.4. The van der Waals surface area contributed by atoms with Gasteiger partial charge >= 0.3 is 0 Å². The van der Waals surface area contributed by atoms with E-state index in [0.29, 0.717) is 18.0 Å². The van der Waals surface area contributed by atoms with Gasteiger partial charge in [-0.1, -0.05) is 25.6 Å². The highest BCUT2D eigenvalue weighted by Gasteiger charge is 2.24. The lowest BCUT2D eigenvalue weighted by atomic mass is 10.1. The predicted molar refractivity (Wildman–Crippen MR) is 67.7 cm³/mol. The third kappa shape index (κ3) is 3.40. The number of rotatable bonds is 4. The number of hydrogen-bond acceptors (Lipinski definition) is 3. The number of aliphatic imine (C=N–C) groups is 1. The summed E-state index contributed by atoms with van der Waals surface area (Å²) in [6.07, 6.45) is 2.26. The second-order valence-corrected chi connectivity index (χ2v) is 5.78. The monoisotopic (exact) mass is 241 g/mol. The van der Waals surface area contributed by atoms with E-state index < -0.39 is 0 Å². The highest BCUT2D eigenvalue weighted by molar-refractivity contribution is 8.14. The number of amidine groups is 1. The fraction of sp³-hybridized carbons (Fsp3) is 0.818. The molecule has 0 aromatic heterocycles. The summed E-state index contributed by atoms with van der Waals surface area (Å²) >= 11 is 1.71. The van der Waals surface area contributed by atoms with Crippen molar-refractivity contribution in [3.8, 4) is 0 Å². The van der Waals surface area contributed by atoms with Gasteiger partial charge in [0.15, 0.2) is 5.17 Å². The Bertz CT molecular complexity index is 300. The fourth-order valence-corrected chi connectivity index (χ4v) is 2.70. The molecule has 0 aromatic rings. The van der Waals surface area contributed by atoms with Crippen LogP contribution < -0.4 is 10.6 Å². The first kappa shape index (κ1) is 11.8. The van der Waals surface area contributed by atoms with Gasteiger partial charge in [-0.2, -0.15) is 0 Å². The second-order valence-electron chi connectivity index (χ2n) is 4.77. The van der Waals surface area contributed by atoms with Crippen LogP contribution in [-0.4, -0.2) is 35.5 Å². The van der Waals surface area contributed by atoms with Crippen molar-refractivity contribution in [1.29, 1.82) is 0 Å². The van der Waals surface area contributed by atoms with Crippen LogP contribution in [0.2, 0.25) is 0 Å². The zero-order chi connectivity index (χ0) is 11.5. The minimum atomic E-state index is 0.0467. The van der Waals surface area contributed by atoms with Crippen LogP contribution in [-0.2, 0) is 4.79 Å². The van der Waals surface area contributed by atoms with E-state index in [-0.39, 0.29) is 12.5 Å². The van der Waals surface area contributed by atoms with Crippen LogP contribution in [0.5, 0.6) is 0 Å². The number of carbonyl (C=O) groups is 1. The van der Waals surface area contributed by atoms with Gasteiger partial charge in [-0.3, -0.25) is 9.79 Å². The molecule has 2 N–H and O–H groups in total. The van der Waals surface area contributed by atoms with Crippen LogP contribution >= 0.6 is 11.8 Å². The van der Waals surface area contributed by atoms with E-state index in [2.05, 4.69) is 29.5 Å². The summed E-state index contributed by atoms with van der Waals surface area (Å²) in [4.78, 5) is 15.7. The summed E-state index contributed by atoms with van der Waals surface area (Å²) in [6, 6.07) is 0.926. The van der Waals surface area contributed by atoms with Gasteiger partial charge < -0.3 is 10.6 Å². The van der Waals surface area contributed by atoms with E-state index in [4.69, 9.17) is 0 Å². The molecule has 1 amide bonds. The van der Waals surface area contributed by atoms with Crippen molar-refractivity contribution in [2.24, 2.45) is 10.9 Å². The van der Waals surface area contributed by atoms with Crippen molar-refractivity contribution < 1.29 is 4.79 Å². The minimum absolute atomic E-state index is 0.0467. The third-order valence-corrected chi connectivity index (χ3v) is 3.87. The highest BCUT2D eigenvalue weighted by Crippen LogP contribution is 2.19. The largest absolute Gasteiger partial charge is 0.361 e. The Morgan fingerprint density at radius 2 is 2.38 bits per heavy atom. The van der Waals surface area contributed by atoms with Crippen LogP contribution in [0.25, 0.3) is 0 Å². The van der Waals surface area contributed by atoms with E-state index in [1.54, 1.807) is 11.8 Å². The Labute approximate surface area is 101 Å². The smallest absolute Gasteiger partial charge is 0.241 e. The summed E-state index contributed by atoms with van der Waals surface area (Å²) in [7, 11) is 0. The standard InChI is InChI=1S/C11H19N3OS/c1-7(2)9-6-16-11(14-9)12-5-10(15)13-8-3-4-8/h7-9H,3-6H2,1-2H3,(H,12,14)(H,13,15). The molecule has 2 fully saturated rings. The van der Waals surface area contributed by atoms with Gasteiger partial charge in [0.25, 0.3) is 0 Å². The van der Waals surface area contributed by atoms with Gasteiger partial charge in [0.05, 0.1) is 0 Å². The van der Waals surface area contributed by atoms with Crippen molar-refractivity contribution in [2.45, 2.75) is 38.8 Å². The van der Waals surface area contributed by atoms with E-state index in [1.165, 1.54) is 0 Å². The van der Waals surface area contributed by atoms with Gasteiger partial charge in [0, 0.05) is 17.8 Å². The zero-order valence-electron chi connectivity index (χ0n) is 9.82. The SMILES string of the molecule is CC(C)C1CSC(=NCC(=O)NC2CC2)N1. The molecule has 2 rings (SSSR count). The molecule has 1 aliphatic heterocycles. The van der Waals surface area contributed by atoms with Gasteiger partial charge in [-0.15, -0.1) is 0 Å². The molecule has 1 aliphatic carbocycles. The van der Waals surface area contributed by atoms with Crippen LogP contribution in [0.3, 0.4) is 0 Å². The summed E-state index contributed by atoms with van der Waals surface area (Å²) in [6.45, 7) is 4.65. The molecule has 5 heteroatoms. The Hall–Kier alpha value is -0.710. The lowest BCUT2D eigenvalue weighted by Gasteiger charge is -2.13. The molecule has 0 bridgehead atoms. The molecule has 0 spiro atoms. The summed E-state index contributed by atoms with van der Waals surface area (Å²) in [5, 5.41) is 7.20. The first-order chi connectivity index (χ1) is 7.65. The van der Waals surface area contributed by atoms with Crippen LogP contribution in [0.4, 0.5) is 0 Å². The Morgan fingerprint density at radius 1 is 1.62 bits per heavy atom. The first-order valence-corrected chi connectivity index (χ1v) is 6.87.